The Hall–Kier alpha value is -4.15. The van der Waals surface area contributed by atoms with Crippen molar-refractivity contribution in [1.82, 2.24) is 15.3 Å². The van der Waals surface area contributed by atoms with E-state index in [1.165, 1.54) is 36.7 Å². The van der Waals surface area contributed by atoms with Gasteiger partial charge in [-0.15, -0.1) is 0 Å². The molecule has 2 fully saturated rings. The maximum absolute atomic E-state index is 14.0. The Labute approximate surface area is 238 Å². The van der Waals surface area contributed by atoms with E-state index < -0.39 is 29.9 Å². The van der Waals surface area contributed by atoms with E-state index in [0.717, 1.165) is 25.7 Å². The van der Waals surface area contributed by atoms with E-state index in [4.69, 9.17) is 18.9 Å². The highest BCUT2D eigenvalue weighted by molar-refractivity contribution is 5.98. The highest BCUT2D eigenvalue weighted by Crippen LogP contribution is 2.52. The Morgan fingerprint density at radius 1 is 1.10 bits per heavy atom. The van der Waals surface area contributed by atoms with Crippen LogP contribution in [-0.4, -0.2) is 41.3 Å². The summed E-state index contributed by atoms with van der Waals surface area (Å²) >= 11 is 0. The van der Waals surface area contributed by atoms with Crippen LogP contribution in [0.5, 0.6) is 11.5 Å². The first-order valence-electron chi connectivity index (χ1n) is 13.9. The molecule has 4 aromatic rings. The van der Waals surface area contributed by atoms with E-state index in [1.807, 2.05) is 6.92 Å². The van der Waals surface area contributed by atoms with Crippen molar-refractivity contribution in [3.8, 4) is 22.8 Å². The van der Waals surface area contributed by atoms with E-state index in [9.17, 15) is 22.4 Å². The Bertz CT molecular complexity index is 1680. The molecule has 0 radical (unpaired) electrons. The van der Waals surface area contributed by atoms with Crippen molar-refractivity contribution in [1.29, 1.82) is 0 Å². The molecule has 42 heavy (non-hydrogen) atoms. The third-order valence-corrected chi connectivity index (χ3v) is 8.45. The monoisotopic (exact) mass is 581 g/mol. The minimum Gasteiger partial charge on any atom is -0.490 e. The Balaban J connectivity index is 1.24. The van der Waals surface area contributed by atoms with Gasteiger partial charge in [-0.3, -0.25) is 4.79 Å². The van der Waals surface area contributed by atoms with Crippen molar-refractivity contribution < 1.29 is 36.2 Å². The van der Waals surface area contributed by atoms with E-state index in [2.05, 4.69) is 10.3 Å². The van der Waals surface area contributed by atoms with Crippen LogP contribution in [0, 0.1) is 11.7 Å². The average Bonchev–Trinajstić information content (AvgIpc) is 3.88. The molecule has 2 saturated carbocycles. The van der Waals surface area contributed by atoms with Gasteiger partial charge in [-0.05, 0) is 74.1 Å². The quantitative estimate of drug-likeness (QED) is 0.233. The van der Waals surface area contributed by atoms with Crippen LogP contribution in [0.4, 0.5) is 17.6 Å². The highest BCUT2D eigenvalue weighted by Gasteiger charge is 2.50. The zero-order valence-electron chi connectivity index (χ0n) is 22.6. The van der Waals surface area contributed by atoms with Crippen LogP contribution in [0.2, 0.25) is 0 Å². The van der Waals surface area contributed by atoms with Crippen LogP contribution < -0.4 is 14.8 Å². The first-order valence-corrected chi connectivity index (χ1v) is 13.9. The molecule has 7 rings (SSSR count). The van der Waals surface area contributed by atoms with Gasteiger partial charge >= 0.3 is 6.18 Å². The van der Waals surface area contributed by atoms with E-state index in [-0.39, 0.29) is 41.5 Å². The van der Waals surface area contributed by atoms with Gasteiger partial charge in [0.05, 0.1) is 6.10 Å². The normalized spacial score (nSPS) is 19.7. The summed E-state index contributed by atoms with van der Waals surface area (Å²) in [5.41, 5.74) is 1.61. The molecular weight excluding hydrogens is 554 g/mol. The van der Waals surface area contributed by atoms with Crippen molar-refractivity contribution >= 4 is 17.0 Å². The molecule has 7 nitrogen and oxygen atoms in total. The van der Waals surface area contributed by atoms with Crippen molar-refractivity contribution in [2.24, 2.45) is 5.92 Å². The molecule has 3 aliphatic rings. The number of nitrogens with zero attached hydrogens (tertiary/aromatic N) is 2. The number of ether oxygens (including phenoxy) is 2. The number of nitrogens with one attached hydrogen (secondary N) is 1. The maximum atomic E-state index is 14.0. The third-order valence-electron chi connectivity index (χ3n) is 8.45. The summed E-state index contributed by atoms with van der Waals surface area (Å²) in [7, 11) is 0. The standard InChI is InChI=1S/C31H27F4N3O4/c1-30(18-4-5-18,14-36-29(39)17-10-23-27(37-15-41-23)24(11-17)42-20-8-9-20)25-12-21-22(31(33,34)35)13-40-28(21)26(38-25)16-2-6-19(32)7-3-16/h2-3,6-7,10-12,15,18,20,22H,4-5,8-9,13-14H2,1H3,(H,36,39)/t22?,30-/m0/s1. The fourth-order valence-corrected chi connectivity index (χ4v) is 5.64. The van der Waals surface area contributed by atoms with Crippen molar-refractivity contribution in [3.63, 3.8) is 0 Å². The van der Waals surface area contributed by atoms with Crippen molar-refractivity contribution in [2.45, 2.75) is 56.2 Å². The van der Waals surface area contributed by atoms with Gasteiger partial charge in [0.2, 0.25) is 0 Å². The molecule has 0 saturated heterocycles. The number of benzene rings is 2. The van der Waals surface area contributed by atoms with Gasteiger partial charge in [0.1, 0.15) is 35.5 Å². The van der Waals surface area contributed by atoms with E-state index in [0.29, 0.717) is 33.7 Å². The number of oxazole rings is 1. The van der Waals surface area contributed by atoms with Crippen LogP contribution in [0.3, 0.4) is 0 Å². The topological polar surface area (TPSA) is 86.5 Å². The SMILES string of the molecule is C[C@@](CNC(=O)c1cc(OC2CC2)c2ncoc2c1)(c1cc2c(c(-c3ccc(F)cc3)n1)OCC2C(F)(F)F)C1CC1. The van der Waals surface area contributed by atoms with Crippen LogP contribution >= 0.6 is 0 Å². The van der Waals surface area contributed by atoms with Gasteiger partial charge < -0.3 is 19.2 Å². The lowest BCUT2D eigenvalue weighted by Gasteiger charge is -2.31. The molecule has 2 aliphatic carbocycles. The summed E-state index contributed by atoms with van der Waals surface area (Å²) in [6, 6.07) is 10.1. The molecule has 1 unspecified atom stereocenters. The first-order chi connectivity index (χ1) is 20.1. The van der Waals surface area contributed by atoms with Crippen LogP contribution in [-0.2, 0) is 5.41 Å². The molecule has 2 aromatic carbocycles. The number of fused-ring (bicyclic) bond motifs is 2. The molecule has 3 heterocycles. The van der Waals surface area contributed by atoms with E-state index >= 15 is 0 Å². The largest absolute Gasteiger partial charge is 0.490 e. The molecule has 2 atom stereocenters. The summed E-state index contributed by atoms with van der Waals surface area (Å²) in [6.07, 6.45) is 0.429. The maximum Gasteiger partial charge on any atom is 0.399 e. The van der Waals surface area contributed by atoms with Crippen LogP contribution in [0.25, 0.3) is 22.4 Å². The average molecular weight is 582 g/mol. The number of hydrogen-bond acceptors (Lipinski definition) is 6. The molecule has 2 aromatic heterocycles. The van der Waals surface area contributed by atoms with Gasteiger partial charge in [0, 0.05) is 34.3 Å². The number of hydrogen-bond donors (Lipinski definition) is 1. The van der Waals surface area contributed by atoms with Crippen LogP contribution in [0.1, 0.15) is 60.1 Å². The number of pyridine rings is 1. The van der Waals surface area contributed by atoms with Crippen molar-refractivity contribution in [3.05, 3.63) is 71.5 Å². The highest BCUT2D eigenvalue weighted by atomic mass is 19.4. The fourth-order valence-electron chi connectivity index (χ4n) is 5.64. The van der Waals surface area contributed by atoms with Gasteiger partial charge in [-0.25, -0.2) is 14.4 Å². The smallest absolute Gasteiger partial charge is 0.399 e. The first kappa shape index (κ1) is 26.7. The Morgan fingerprint density at radius 2 is 1.86 bits per heavy atom. The number of amides is 1. The minimum atomic E-state index is -4.52. The van der Waals surface area contributed by atoms with Gasteiger partial charge in [-0.1, -0.05) is 6.92 Å². The molecule has 1 amide bonds. The summed E-state index contributed by atoms with van der Waals surface area (Å²) in [6.45, 7) is 1.49. The zero-order valence-corrected chi connectivity index (χ0v) is 22.6. The molecular formula is C31H27F4N3O4. The van der Waals surface area contributed by atoms with E-state index in [1.54, 1.807) is 12.1 Å². The zero-order chi connectivity index (χ0) is 29.2. The molecule has 1 N–H and O–H groups in total. The number of alkyl halides is 3. The molecule has 0 bridgehead atoms. The second kappa shape index (κ2) is 9.71. The summed E-state index contributed by atoms with van der Waals surface area (Å²) in [5.74, 6) is -2.04. The second-order valence-electron chi connectivity index (χ2n) is 11.6. The Kier molecular flexibility index (Phi) is 6.18. The number of rotatable bonds is 8. The molecule has 1 aliphatic heterocycles. The number of halogens is 4. The van der Waals surface area contributed by atoms with Crippen LogP contribution in [0.15, 0.2) is 53.3 Å². The molecule has 0 spiro atoms. The Morgan fingerprint density at radius 3 is 2.55 bits per heavy atom. The summed E-state index contributed by atoms with van der Waals surface area (Å²) < 4.78 is 72.8. The summed E-state index contributed by atoms with van der Waals surface area (Å²) in [5, 5.41) is 2.99. The minimum absolute atomic E-state index is 0.00247. The number of carbonyl (C=O) groups excluding carboxylic acids is 1. The van der Waals surface area contributed by atoms with Crippen molar-refractivity contribution in [2.75, 3.05) is 13.2 Å². The lowest BCUT2D eigenvalue weighted by Crippen LogP contribution is -2.41. The predicted molar refractivity (Wildman–Crippen MR) is 144 cm³/mol. The second-order valence-corrected chi connectivity index (χ2v) is 11.6. The van der Waals surface area contributed by atoms with Gasteiger partial charge in [0.25, 0.3) is 5.91 Å². The molecule has 11 heteroatoms. The summed E-state index contributed by atoms with van der Waals surface area (Å²) in [4.78, 5) is 22.4. The number of aromatic nitrogens is 2. The van der Waals surface area contributed by atoms with Gasteiger partial charge in [0.15, 0.2) is 17.5 Å². The lowest BCUT2D eigenvalue weighted by atomic mass is 9.79. The lowest BCUT2D eigenvalue weighted by molar-refractivity contribution is -0.151. The predicted octanol–water partition coefficient (Wildman–Crippen LogP) is 6.71. The molecule has 218 valence electrons. The fraction of sp³-hybridized carbons (Fsp3) is 0.387. The third kappa shape index (κ3) is 4.84. The van der Waals surface area contributed by atoms with Gasteiger partial charge in [-0.2, -0.15) is 13.2 Å². The number of carbonyl (C=O) groups is 1.